The largest absolute Gasteiger partial charge is 0.465 e. The zero-order valence-electron chi connectivity index (χ0n) is 8.82. The van der Waals surface area contributed by atoms with Crippen molar-refractivity contribution < 1.29 is 9.53 Å². The molecule has 1 aliphatic rings. The Hall–Kier alpha value is -0.730. The van der Waals surface area contributed by atoms with Crippen molar-refractivity contribution in [2.45, 2.75) is 17.2 Å². The summed E-state index contributed by atoms with van der Waals surface area (Å²) in [5.41, 5.74) is 1.09. The van der Waals surface area contributed by atoms with Crippen LogP contribution in [0.15, 0.2) is 30.3 Å². The van der Waals surface area contributed by atoms with Crippen LogP contribution in [0.5, 0.6) is 0 Å². The molecule has 1 aliphatic carbocycles. The van der Waals surface area contributed by atoms with Gasteiger partial charge in [0.05, 0.1) is 6.61 Å². The lowest BCUT2D eigenvalue weighted by atomic mass is 10.1. The van der Waals surface area contributed by atoms with Crippen molar-refractivity contribution in [3.8, 4) is 0 Å². The Kier molecular flexibility index (Phi) is 3.13. The molecule has 0 saturated heterocycles. The quantitative estimate of drug-likeness (QED) is 0.615. The molecule has 0 heterocycles. The zero-order valence-corrected chi connectivity index (χ0v) is 10.3. The van der Waals surface area contributed by atoms with Crippen LogP contribution in [-0.2, 0) is 9.53 Å². The molecule has 2 rings (SSSR count). The van der Waals surface area contributed by atoms with E-state index in [9.17, 15) is 4.79 Å². The fourth-order valence-electron chi connectivity index (χ4n) is 1.92. The molecule has 1 aromatic rings. The molecule has 16 heavy (non-hydrogen) atoms. The summed E-state index contributed by atoms with van der Waals surface area (Å²) in [6.45, 7) is 1.66. The first-order valence-electron chi connectivity index (χ1n) is 5.09. The number of carbonyl (C=O) groups is 1. The Balaban J connectivity index is 2.05. The van der Waals surface area contributed by atoms with Crippen molar-refractivity contribution in [3.63, 3.8) is 0 Å². The molecule has 0 spiro atoms. The molecule has 0 N–H and O–H groups in total. The Labute approximate surface area is 104 Å². The van der Waals surface area contributed by atoms with Gasteiger partial charge in [-0.2, -0.15) is 0 Å². The molecule has 0 amide bonds. The SMILES string of the molecule is CC(=O)OC[C@@H]1[C@@H](c2ccccc2)C1(Cl)Cl. The fourth-order valence-corrected chi connectivity index (χ4v) is 2.73. The highest BCUT2D eigenvalue weighted by Gasteiger charge is 2.64. The maximum absolute atomic E-state index is 10.7. The summed E-state index contributed by atoms with van der Waals surface area (Å²) < 4.78 is 4.14. The first-order chi connectivity index (χ1) is 7.53. The van der Waals surface area contributed by atoms with Gasteiger partial charge in [-0.05, 0) is 5.56 Å². The fraction of sp³-hybridized carbons (Fsp3) is 0.417. The van der Waals surface area contributed by atoms with Crippen molar-refractivity contribution >= 4 is 29.2 Å². The molecule has 1 fully saturated rings. The molecular weight excluding hydrogens is 247 g/mol. The molecule has 0 bridgehead atoms. The molecule has 0 unspecified atom stereocenters. The van der Waals surface area contributed by atoms with Gasteiger partial charge in [-0.15, -0.1) is 23.2 Å². The number of ether oxygens (including phenoxy) is 1. The number of esters is 1. The van der Waals surface area contributed by atoms with Gasteiger partial charge in [-0.25, -0.2) is 0 Å². The van der Waals surface area contributed by atoms with Gasteiger partial charge in [-0.3, -0.25) is 4.79 Å². The molecule has 0 radical (unpaired) electrons. The third-order valence-electron chi connectivity index (χ3n) is 2.83. The van der Waals surface area contributed by atoms with Gasteiger partial charge in [0, 0.05) is 18.8 Å². The molecule has 2 atom stereocenters. The summed E-state index contributed by atoms with van der Waals surface area (Å²) in [5.74, 6) is -0.263. The van der Waals surface area contributed by atoms with Crippen molar-refractivity contribution in [2.24, 2.45) is 5.92 Å². The highest BCUT2D eigenvalue weighted by Crippen LogP contribution is 2.64. The second kappa shape index (κ2) is 4.27. The van der Waals surface area contributed by atoms with Crippen molar-refractivity contribution in [2.75, 3.05) is 6.61 Å². The minimum absolute atomic E-state index is 0.0119. The third-order valence-corrected chi connectivity index (χ3v) is 3.86. The van der Waals surface area contributed by atoms with Crippen LogP contribution in [0.3, 0.4) is 0 Å². The first-order valence-corrected chi connectivity index (χ1v) is 5.85. The van der Waals surface area contributed by atoms with Gasteiger partial charge < -0.3 is 4.74 Å². The second-order valence-corrected chi connectivity index (χ2v) is 5.42. The lowest BCUT2D eigenvalue weighted by Gasteiger charge is -2.00. The van der Waals surface area contributed by atoms with Crippen LogP contribution < -0.4 is 0 Å². The number of halogens is 2. The minimum Gasteiger partial charge on any atom is -0.465 e. The third kappa shape index (κ3) is 2.18. The smallest absolute Gasteiger partial charge is 0.302 e. The Morgan fingerprint density at radius 1 is 1.38 bits per heavy atom. The van der Waals surface area contributed by atoms with E-state index in [0.29, 0.717) is 0 Å². The van der Waals surface area contributed by atoms with E-state index in [1.165, 1.54) is 6.92 Å². The highest BCUT2D eigenvalue weighted by atomic mass is 35.5. The minimum atomic E-state index is -0.809. The predicted octanol–water partition coefficient (Wildman–Crippen LogP) is 3.14. The Morgan fingerprint density at radius 3 is 2.56 bits per heavy atom. The van der Waals surface area contributed by atoms with E-state index in [-0.39, 0.29) is 24.4 Å². The van der Waals surface area contributed by atoms with E-state index in [0.717, 1.165) is 5.56 Å². The lowest BCUT2D eigenvalue weighted by Crippen LogP contribution is -2.05. The van der Waals surface area contributed by atoms with Crippen LogP contribution >= 0.6 is 23.2 Å². The number of hydrogen-bond acceptors (Lipinski definition) is 2. The average Bonchev–Trinajstić information content (AvgIpc) is 2.79. The van der Waals surface area contributed by atoms with Gasteiger partial charge in [0.1, 0.15) is 4.33 Å². The van der Waals surface area contributed by atoms with E-state index in [2.05, 4.69) is 0 Å². The number of rotatable bonds is 3. The second-order valence-electron chi connectivity index (χ2n) is 3.97. The summed E-state index contributed by atoms with van der Waals surface area (Å²) in [7, 11) is 0. The van der Waals surface area contributed by atoms with Crippen molar-refractivity contribution in [1.29, 1.82) is 0 Å². The van der Waals surface area contributed by atoms with Crippen LogP contribution in [-0.4, -0.2) is 16.9 Å². The van der Waals surface area contributed by atoms with Crippen LogP contribution in [0.4, 0.5) is 0 Å². The van der Waals surface area contributed by atoms with Gasteiger partial charge in [-0.1, -0.05) is 30.3 Å². The topological polar surface area (TPSA) is 26.3 Å². The molecule has 86 valence electrons. The zero-order chi connectivity index (χ0) is 11.8. The van der Waals surface area contributed by atoms with Crippen LogP contribution in [0, 0.1) is 5.92 Å². The molecule has 1 saturated carbocycles. The summed E-state index contributed by atoms with van der Waals surface area (Å²) in [6, 6.07) is 9.80. The summed E-state index contributed by atoms with van der Waals surface area (Å²) in [6.07, 6.45) is 0. The van der Waals surface area contributed by atoms with E-state index in [4.69, 9.17) is 27.9 Å². The van der Waals surface area contributed by atoms with Crippen molar-refractivity contribution in [3.05, 3.63) is 35.9 Å². The Morgan fingerprint density at radius 2 is 2.00 bits per heavy atom. The number of hydrogen-bond donors (Lipinski definition) is 0. The van der Waals surface area contributed by atoms with E-state index < -0.39 is 4.33 Å². The van der Waals surface area contributed by atoms with Crippen LogP contribution in [0.1, 0.15) is 18.4 Å². The number of alkyl halides is 2. The molecule has 2 nitrogen and oxygen atoms in total. The normalized spacial score (nSPS) is 26.2. The monoisotopic (exact) mass is 258 g/mol. The highest BCUT2D eigenvalue weighted by molar-refractivity contribution is 6.52. The van der Waals surface area contributed by atoms with Gasteiger partial charge in [0.15, 0.2) is 0 Å². The lowest BCUT2D eigenvalue weighted by molar-refractivity contribution is -0.141. The van der Waals surface area contributed by atoms with E-state index in [1.54, 1.807) is 0 Å². The van der Waals surface area contributed by atoms with Crippen LogP contribution in [0.2, 0.25) is 0 Å². The molecule has 0 aromatic heterocycles. The predicted molar refractivity (Wildman–Crippen MR) is 63.7 cm³/mol. The summed E-state index contributed by atoms with van der Waals surface area (Å²) in [5, 5.41) is 0. The Bertz CT molecular complexity index is 389. The average molecular weight is 259 g/mol. The van der Waals surface area contributed by atoms with Crippen molar-refractivity contribution in [1.82, 2.24) is 0 Å². The number of benzene rings is 1. The van der Waals surface area contributed by atoms with Gasteiger partial charge >= 0.3 is 5.97 Å². The molecule has 1 aromatic carbocycles. The van der Waals surface area contributed by atoms with Crippen LogP contribution in [0.25, 0.3) is 0 Å². The van der Waals surface area contributed by atoms with Gasteiger partial charge in [0.2, 0.25) is 0 Å². The van der Waals surface area contributed by atoms with Gasteiger partial charge in [0.25, 0.3) is 0 Å². The summed E-state index contributed by atoms with van der Waals surface area (Å²) in [4.78, 5) is 10.7. The van der Waals surface area contributed by atoms with E-state index >= 15 is 0 Å². The maximum atomic E-state index is 10.7. The molecular formula is C12H12Cl2O2. The summed E-state index contributed by atoms with van der Waals surface area (Å²) >= 11 is 12.3. The van der Waals surface area contributed by atoms with E-state index in [1.807, 2.05) is 30.3 Å². The number of carbonyl (C=O) groups excluding carboxylic acids is 1. The molecule has 4 heteroatoms. The standard InChI is InChI=1S/C12H12Cl2O2/c1-8(15)16-7-10-11(12(10,13)14)9-5-3-2-4-6-9/h2-6,10-11H,7H2,1H3/t10-,11-/m1/s1. The first kappa shape index (κ1) is 11.7. The maximum Gasteiger partial charge on any atom is 0.302 e. The molecule has 0 aliphatic heterocycles.